The number of nitrogens with one attached hydrogen (secondary N) is 1. The Morgan fingerprint density at radius 3 is 2.60 bits per heavy atom. The molecule has 4 N–H and O–H groups in total. The molecule has 0 spiro atoms. The molecule has 0 aromatic heterocycles. The van der Waals surface area contributed by atoms with Crippen LogP contribution in [0.5, 0.6) is 0 Å². The van der Waals surface area contributed by atoms with Crippen LogP contribution in [0.15, 0.2) is 24.3 Å². The van der Waals surface area contributed by atoms with Crippen molar-refractivity contribution in [3.8, 4) is 0 Å². The highest BCUT2D eigenvalue weighted by molar-refractivity contribution is 6.04. The summed E-state index contributed by atoms with van der Waals surface area (Å²) < 4.78 is 0. The summed E-state index contributed by atoms with van der Waals surface area (Å²) in [5.41, 5.74) is 6.82. The maximum absolute atomic E-state index is 11.7. The van der Waals surface area contributed by atoms with Gasteiger partial charge >= 0.3 is 5.97 Å². The Balaban J connectivity index is 2.09. The second-order valence-corrected chi connectivity index (χ2v) is 4.57. The fraction of sp³-hybridized carbons (Fsp3) is 0.308. The Morgan fingerprint density at radius 1 is 1.35 bits per heavy atom. The van der Waals surface area contributed by atoms with Gasteiger partial charge < -0.3 is 21.1 Å². The smallest absolute Gasteiger partial charge is 0.320 e. The average molecular weight is 277 g/mol. The number of carbonyl (C=O) groups excluding carboxylic acids is 2. The molecule has 7 nitrogen and oxygen atoms in total. The number of rotatable bonds is 4. The molecule has 106 valence electrons. The number of hydrogen-bond acceptors (Lipinski definition) is 4. The Labute approximate surface area is 115 Å². The van der Waals surface area contributed by atoms with E-state index in [1.54, 1.807) is 24.3 Å². The van der Waals surface area contributed by atoms with Crippen molar-refractivity contribution in [1.29, 1.82) is 0 Å². The van der Waals surface area contributed by atoms with Crippen molar-refractivity contribution in [2.24, 2.45) is 5.73 Å². The lowest BCUT2D eigenvalue weighted by Crippen LogP contribution is -2.51. The largest absolute Gasteiger partial charge is 0.480 e. The summed E-state index contributed by atoms with van der Waals surface area (Å²) in [6.07, 6.45) is 0.212. The first kappa shape index (κ1) is 14.0. The summed E-state index contributed by atoms with van der Waals surface area (Å²) in [5, 5.41) is 11.2. The molecular weight excluding hydrogens is 262 g/mol. The van der Waals surface area contributed by atoms with Gasteiger partial charge in [0.1, 0.15) is 12.6 Å². The topological polar surface area (TPSA) is 113 Å². The highest BCUT2D eigenvalue weighted by Gasteiger charge is 2.24. The van der Waals surface area contributed by atoms with E-state index in [0.717, 1.165) is 5.56 Å². The molecule has 1 aromatic rings. The molecule has 0 saturated carbocycles. The summed E-state index contributed by atoms with van der Waals surface area (Å²) in [6, 6.07) is 5.82. The molecular formula is C13H15N3O4. The minimum atomic E-state index is -1.06. The van der Waals surface area contributed by atoms with Crippen molar-refractivity contribution in [1.82, 2.24) is 5.32 Å². The minimum absolute atomic E-state index is 0.00712. The van der Waals surface area contributed by atoms with E-state index in [4.69, 9.17) is 10.8 Å². The van der Waals surface area contributed by atoms with Gasteiger partial charge in [0.15, 0.2) is 0 Å². The zero-order chi connectivity index (χ0) is 14.7. The monoisotopic (exact) mass is 277 g/mol. The number of nitrogens with zero attached hydrogens (tertiary/aromatic N) is 1. The van der Waals surface area contributed by atoms with Crippen LogP contribution in [0, 0.1) is 0 Å². The predicted molar refractivity (Wildman–Crippen MR) is 71.1 cm³/mol. The Bertz CT molecular complexity index is 541. The van der Waals surface area contributed by atoms with Crippen LogP contribution in [0.4, 0.5) is 5.69 Å². The van der Waals surface area contributed by atoms with E-state index in [1.807, 2.05) is 0 Å². The highest BCUT2D eigenvalue weighted by Crippen LogP contribution is 2.17. The van der Waals surface area contributed by atoms with Crippen LogP contribution in [0.1, 0.15) is 5.56 Å². The first-order valence-corrected chi connectivity index (χ1v) is 6.12. The molecule has 1 saturated heterocycles. The third-order valence-corrected chi connectivity index (χ3v) is 3.06. The molecule has 20 heavy (non-hydrogen) atoms. The van der Waals surface area contributed by atoms with Crippen molar-refractivity contribution >= 4 is 23.5 Å². The van der Waals surface area contributed by atoms with E-state index < -0.39 is 12.0 Å². The predicted octanol–water partition coefficient (Wildman–Crippen LogP) is -0.896. The maximum atomic E-state index is 11.7. The number of aliphatic carboxylic acids is 1. The van der Waals surface area contributed by atoms with Gasteiger partial charge in [-0.25, -0.2) is 0 Å². The van der Waals surface area contributed by atoms with Crippen molar-refractivity contribution in [2.75, 3.05) is 18.0 Å². The van der Waals surface area contributed by atoms with E-state index in [1.165, 1.54) is 4.90 Å². The third kappa shape index (κ3) is 3.12. The van der Waals surface area contributed by atoms with Crippen LogP contribution in [-0.2, 0) is 20.8 Å². The van der Waals surface area contributed by atoms with Gasteiger partial charge in [0.05, 0.1) is 6.54 Å². The SMILES string of the molecule is NC(Cc1ccc(N2CC(=O)NCC2=O)cc1)C(=O)O. The van der Waals surface area contributed by atoms with E-state index >= 15 is 0 Å². The van der Waals surface area contributed by atoms with Gasteiger partial charge in [-0.2, -0.15) is 0 Å². The fourth-order valence-corrected chi connectivity index (χ4v) is 1.95. The third-order valence-electron chi connectivity index (χ3n) is 3.06. The maximum Gasteiger partial charge on any atom is 0.320 e. The van der Waals surface area contributed by atoms with E-state index in [9.17, 15) is 14.4 Å². The summed E-state index contributed by atoms with van der Waals surface area (Å²) in [5.74, 6) is -1.45. The molecule has 1 aliphatic heterocycles. The zero-order valence-corrected chi connectivity index (χ0v) is 10.7. The number of amides is 2. The number of hydrogen-bond donors (Lipinski definition) is 3. The molecule has 0 radical (unpaired) electrons. The summed E-state index contributed by atoms with van der Waals surface area (Å²) >= 11 is 0. The Hall–Kier alpha value is -2.41. The summed E-state index contributed by atoms with van der Waals surface area (Å²) in [4.78, 5) is 35.1. The molecule has 1 heterocycles. The summed E-state index contributed by atoms with van der Waals surface area (Å²) in [6.45, 7) is -0.0166. The lowest BCUT2D eigenvalue weighted by molar-refractivity contribution is -0.138. The number of piperazine rings is 1. The molecule has 2 rings (SSSR count). The van der Waals surface area contributed by atoms with Crippen LogP contribution in [0.3, 0.4) is 0 Å². The Kier molecular flexibility index (Phi) is 3.99. The molecule has 0 bridgehead atoms. The van der Waals surface area contributed by atoms with Crippen LogP contribution >= 0.6 is 0 Å². The lowest BCUT2D eigenvalue weighted by Gasteiger charge is -2.26. The number of nitrogens with two attached hydrogens (primary N) is 1. The number of anilines is 1. The van der Waals surface area contributed by atoms with Crippen molar-refractivity contribution in [3.63, 3.8) is 0 Å². The van der Waals surface area contributed by atoms with Gasteiger partial charge in [0.25, 0.3) is 0 Å². The number of carbonyl (C=O) groups is 3. The van der Waals surface area contributed by atoms with Crippen LogP contribution in [0.25, 0.3) is 0 Å². The highest BCUT2D eigenvalue weighted by atomic mass is 16.4. The summed E-state index contributed by atoms with van der Waals surface area (Å²) in [7, 11) is 0. The van der Waals surface area contributed by atoms with Crippen molar-refractivity contribution in [3.05, 3.63) is 29.8 Å². The fourth-order valence-electron chi connectivity index (χ4n) is 1.95. The first-order valence-electron chi connectivity index (χ1n) is 6.12. The van der Waals surface area contributed by atoms with Gasteiger partial charge in [-0.3, -0.25) is 14.4 Å². The van der Waals surface area contributed by atoms with Gasteiger partial charge in [-0.1, -0.05) is 12.1 Å². The number of benzene rings is 1. The lowest BCUT2D eigenvalue weighted by atomic mass is 10.1. The molecule has 1 unspecified atom stereocenters. The van der Waals surface area contributed by atoms with Gasteiger partial charge in [0, 0.05) is 5.69 Å². The normalized spacial score (nSPS) is 16.8. The molecule has 1 aliphatic rings. The van der Waals surface area contributed by atoms with Crippen molar-refractivity contribution in [2.45, 2.75) is 12.5 Å². The zero-order valence-electron chi connectivity index (χ0n) is 10.7. The van der Waals surface area contributed by atoms with Crippen LogP contribution in [-0.4, -0.2) is 42.0 Å². The number of carboxylic acids is 1. The minimum Gasteiger partial charge on any atom is -0.480 e. The molecule has 1 atom stereocenters. The second-order valence-electron chi connectivity index (χ2n) is 4.57. The van der Waals surface area contributed by atoms with Crippen LogP contribution in [0.2, 0.25) is 0 Å². The van der Waals surface area contributed by atoms with E-state index in [-0.39, 0.29) is 31.3 Å². The van der Waals surface area contributed by atoms with Crippen molar-refractivity contribution < 1.29 is 19.5 Å². The van der Waals surface area contributed by atoms with E-state index in [2.05, 4.69) is 5.32 Å². The second kappa shape index (κ2) is 5.70. The average Bonchev–Trinajstić information content (AvgIpc) is 2.42. The van der Waals surface area contributed by atoms with E-state index in [0.29, 0.717) is 5.69 Å². The van der Waals surface area contributed by atoms with Crippen LogP contribution < -0.4 is 16.0 Å². The standard InChI is InChI=1S/C13H15N3O4/c14-10(13(19)20)5-8-1-3-9(4-2-8)16-7-11(17)15-6-12(16)18/h1-4,10H,5-7,14H2,(H,15,17)(H,19,20). The molecule has 1 fully saturated rings. The van der Waals surface area contributed by atoms with Gasteiger partial charge in [-0.05, 0) is 24.1 Å². The number of carboxylic acid groups (broad SMARTS) is 1. The van der Waals surface area contributed by atoms with Gasteiger partial charge in [0.2, 0.25) is 11.8 Å². The molecule has 7 heteroatoms. The molecule has 1 aromatic carbocycles. The first-order chi connectivity index (χ1) is 9.47. The molecule has 0 aliphatic carbocycles. The molecule has 2 amide bonds. The van der Waals surface area contributed by atoms with Gasteiger partial charge in [-0.15, -0.1) is 0 Å². The Morgan fingerprint density at radius 2 is 2.00 bits per heavy atom. The quantitative estimate of drug-likeness (QED) is 0.660.